The van der Waals surface area contributed by atoms with Crippen molar-refractivity contribution in [1.29, 1.82) is 0 Å². The van der Waals surface area contributed by atoms with Crippen LogP contribution in [-0.2, 0) is 17.6 Å². The molecule has 33 heavy (non-hydrogen) atoms. The van der Waals surface area contributed by atoms with Crippen LogP contribution in [0.1, 0.15) is 61.4 Å². The van der Waals surface area contributed by atoms with Crippen LogP contribution in [0.5, 0.6) is 0 Å². The van der Waals surface area contributed by atoms with Crippen molar-refractivity contribution in [3.63, 3.8) is 0 Å². The van der Waals surface area contributed by atoms with Gasteiger partial charge in [0, 0.05) is 43.8 Å². The molecule has 0 radical (unpaired) electrons. The Balaban J connectivity index is 0.00000187. The molecule has 2 atom stereocenters. The van der Waals surface area contributed by atoms with E-state index in [0.29, 0.717) is 49.2 Å². The van der Waals surface area contributed by atoms with Crippen molar-refractivity contribution in [2.75, 3.05) is 13.6 Å². The van der Waals surface area contributed by atoms with E-state index in [1.807, 2.05) is 27.7 Å². The minimum atomic E-state index is -0.875. The molecular formula is C24H33N5O4. The molecule has 2 aromatic rings. The molecule has 0 saturated heterocycles. The maximum atomic E-state index is 11.9. The number of rotatable bonds is 6. The number of primary amides is 1. The van der Waals surface area contributed by atoms with Gasteiger partial charge in [0.05, 0.1) is 11.8 Å². The summed E-state index contributed by atoms with van der Waals surface area (Å²) in [6, 6.07) is 3.42. The molecule has 178 valence electrons. The van der Waals surface area contributed by atoms with Crippen LogP contribution >= 0.6 is 0 Å². The predicted octanol–water partition coefficient (Wildman–Crippen LogP) is 1.07. The van der Waals surface area contributed by atoms with E-state index in [9.17, 15) is 19.8 Å². The third-order valence-corrected chi connectivity index (χ3v) is 5.53. The largest absolute Gasteiger partial charge is 0.392 e. The Morgan fingerprint density at radius 1 is 1.45 bits per heavy atom. The molecular weight excluding hydrogens is 422 g/mol. The van der Waals surface area contributed by atoms with Gasteiger partial charge in [0.2, 0.25) is 6.41 Å². The zero-order valence-electron chi connectivity index (χ0n) is 19.9. The number of amides is 2. The molecule has 9 nitrogen and oxygen atoms in total. The third-order valence-electron chi connectivity index (χ3n) is 5.53. The lowest BCUT2D eigenvalue weighted by Gasteiger charge is -2.35. The summed E-state index contributed by atoms with van der Waals surface area (Å²) in [6.07, 6.45) is 1.92. The number of pyridine rings is 1. The van der Waals surface area contributed by atoms with E-state index in [-0.39, 0.29) is 5.69 Å². The molecule has 2 aromatic heterocycles. The Labute approximate surface area is 194 Å². The molecule has 3 rings (SSSR count). The van der Waals surface area contributed by atoms with Crippen molar-refractivity contribution in [3.8, 4) is 17.7 Å². The molecule has 0 aromatic carbocycles. The summed E-state index contributed by atoms with van der Waals surface area (Å²) in [4.78, 5) is 28.4. The van der Waals surface area contributed by atoms with Gasteiger partial charge in [-0.25, -0.2) is 9.67 Å². The number of carbonyl (C=O) groups is 2. The molecule has 1 aliphatic rings. The normalized spacial score (nSPS) is 16.9. The van der Waals surface area contributed by atoms with Gasteiger partial charge >= 0.3 is 0 Å². The molecule has 2 unspecified atom stereocenters. The van der Waals surface area contributed by atoms with E-state index in [1.165, 1.54) is 4.90 Å². The van der Waals surface area contributed by atoms with Crippen LogP contribution in [0.4, 0.5) is 0 Å². The fraction of sp³-hybridized carbons (Fsp3) is 0.500. The van der Waals surface area contributed by atoms with Crippen LogP contribution in [-0.4, -0.2) is 68.0 Å². The SMILES string of the molecule is CC.CN(C=O)CCC(O)C#Cc1ccnc(-n2nc(C(N)=O)c3c2CC(C)(C)C(O)C3)c1. The highest BCUT2D eigenvalue weighted by Gasteiger charge is 2.39. The molecule has 0 saturated carbocycles. The van der Waals surface area contributed by atoms with Crippen LogP contribution in [0.25, 0.3) is 5.82 Å². The van der Waals surface area contributed by atoms with E-state index in [2.05, 4.69) is 21.9 Å². The van der Waals surface area contributed by atoms with Crippen molar-refractivity contribution in [2.24, 2.45) is 11.1 Å². The van der Waals surface area contributed by atoms with Gasteiger partial charge in [-0.05, 0) is 24.0 Å². The first kappa shape index (κ1) is 26.0. The first-order valence-electron chi connectivity index (χ1n) is 11.0. The number of hydrogen-bond acceptors (Lipinski definition) is 6. The van der Waals surface area contributed by atoms with Crippen LogP contribution in [0.3, 0.4) is 0 Å². The number of aliphatic hydroxyl groups is 2. The highest BCUT2D eigenvalue weighted by molar-refractivity contribution is 5.92. The molecule has 0 spiro atoms. The summed E-state index contributed by atoms with van der Waals surface area (Å²) in [7, 11) is 1.63. The second-order valence-electron chi connectivity index (χ2n) is 8.50. The van der Waals surface area contributed by atoms with Gasteiger partial charge in [-0.2, -0.15) is 5.10 Å². The standard InChI is InChI=1S/C22H27N5O4.C2H6/c1-22(2)12-17-16(11-18(22)30)20(21(23)31)25-27(17)19-10-14(6-8-24-19)4-5-15(29)7-9-26(3)13-28;1-2/h6,8,10,13,15,18,29-30H,7,9,11-12H2,1-3H3,(H2,23,31);1-2H3. The topological polar surface area (TPSA) is 135 Å². The molecule has 2 amide bonds. The molecule has 1 aliphatic carbocycles. The van der Waals surface area contributed by atoms with Crippen LogP contribution in [0, 0.1) is 17.3 Å². The summed E-state index contributed by atoms with van der Waals surface area (Å²) in [6.45, 7) is 8.32. The Bertz CT molecular complexity index is 1050. The summed E-state index contributed by atoms with van der Waals surface area (Å²) in [5.41, 5.74) is 7.32. The van der Waals surface area contributed by atoms with Gasteiger partial charge in [-0.1, -0.05) is 39.5 Å². The average Bonchev–Trinajstić information content (AvgIpc) is 3.15. The van der Waals surface area contributed by atoms with Crippen molar-refractivity contribution in [3.05, 3.63) is 40.8 Å². The number of carbonyl (C=O) groups excluding carboxylic acids is 2. The summed E-state index contributed by atoms with van der Waals surface area (Å²) >= 11 is 0. The van der Waals surface area contributed by atoms with E-state index < -0.39 is 23.5 Å². The van der Waals surface area contributed by atoms with Crippen molar-refractivity contribution < 1.29 is 19.8 Å². The Hall–Kier alpha value is -3.22. The van der Waals surface area contributed by atoms with Crippen molar-refractivity contribution in [1.82, 2.24) is 19.7 Å². The van der Waals surface area contributed by atoms with Gasteiger partial charge in [0.1, 0.15) is 6.10 Å². The number of aromatic nitrogens is 3. The molecule has 0 aliphatic heterocycles. The maximum Gasteiger partial charge on any atom is 0.269 e. The Kier molecular flexibility index (Phi) is 8.74. The highest BCUT2D eigenvalue weighted by atomic mass is 16.3. The van der Waals surface area contributed by atoms with Gasteiger partial charge in [-0.3, -0.25) is 9.59 Å². The average molecular weight is 456 g/mol. The minimum absolute atomic E-state index is 0.137. The second-order valence-corrected chi connectivity index (χ2v) is 8.50. The van der Waals surface area contributed by atoms with E-state index in [1.54, 1.807) is 30.1 Å². The molecule has 2 heterocycles. The number of aliphatic hydroxyl groups excluding tert-OH is 2. The predicted molar refractivity (Wildman–Crippen MR) is 125 cm³/mol. The fourth-order valence-electron chi connectivity index (χ4n) is 3.52. The van der Waals surface area contributed by atoms with E-state index >= 15 is 0 Å². The van der Waals surface area contributed by atoms with Crippen LogP contribution in [0.15, 0.2) is 18.3 Å². The number of nitrogens with two attached hydrogens (primary N) is 1. The second kappa shape index (κ2) is 11.1. The highest BCUT2D eigenvalue weighted by Crippen LogP contribution is 2.37. The van der Waals surface area contributed by atoms with Gasteiger partial charge in [-0.15, -0.1) is 0 Å². The number of hydrogen-bond donors (Lipinski definition) is 3. The fourth-order valence-corrected chi connectivity index (χ4v) is 3.52. The number of nitrogens with zero attached hydrogens (tertiary/aromatic N) is 4. The lowest BCUT2D eigenvalue weighted by atomic mass is 9.74. The van der Waals surface area contributed by atoms with Crippen LogP contribution < -0.4 is 5.73 Å². The molecule has 4 N–H and O–H groups in total. The van der Waals surface area contributed by atoms with Gasteiger partial charge in [0.25, 0.3) is 5.91 Å². The summed E-state index contributed by atoms with van der Waals surface area (Å²) < 4.78 is 1.59. The smallest absolute Gasteiger partial charge is 0.269 e. The number of fused-ring (bicyclic) bond motifs is 1. The van der Waals surface area contributed by atoms with E-state index in [4.69, 9.17) is 5.73 Å². The lowest BCUT2D eigenvalue weighted by Crippen LogP contribution is -2.38. The monoisotopic (exact) mass is 455 g/mol. The third kappa shape index (κ3) is 6.18. The van der Waals surface area contributed by atoms with Gasteiger partial charge < -0.3 is 20.8 Å². The Morgan fingerprint density at radius 2 is 2.15 bits per heavy atom. The first-order valence-corrected chi connectivity index (χ1v) is 11.0. The molecule has 0 fully saturated rings. The maximum absolute atomic E-state index is 11.9. The quantitative estimate of drug-likeness (QED) is 0.441. The Morgan fingerprint density at radius 3 is 2.79 bits per heavy atom. The van der Waals surface area contributed by atoms with E-state index in [0.717, 1.165) is 5.69 Å². The lowest BCUT2D eigenvalue weighted by molar-refractivity contribution is -0.117. The van der Waals surface area contributed by atoms with Crippen molar-refractivity contribution in [2.45, 2.75) is 59.2 Å². The van der Waals surface area contributed by atoms with Gasteiger partial charge in [0.15, 0.2) is 11.5 Å². The molecule has 9 heteroatoms. The summed E-state index contributed by atoms with van der Waals surface area (Å²) in [5.74, 6) is 5.49. The zero-order valence-corrected chi connectivity index (χ0v) is 19.9. The van der Waals surface area contributed by atoms with Crippen LogP contribution in [0.2, 0.25) is 0 Å². The first-order chi connectivity index (χ1) is 15.6. The minimum Gasteiger partial charge on any atom is -0.392 e. The summed E-state index contributed by atoms with van der Waals surface area (Å²) in [5, 5.41) is 24.9. The zero-order chi connectivity index (χ0) is 24.8. The van der Waals surface area contributed by atoms with Crippen molar-refractivity contribution >= 4 is 12.3 Å². The molecule has 0 bridgehead atoms.